The zero-order chi connectivity index (χ0) is 17.4. The van der Waals surface area contributed by atoms with Crippen molar-refractivity contribution in [2.24, 2.45) is 5.11 Å². The van der Waals surface area contributed by atoms with E-state index in [0.29, 0.717) is 4.57 Å². The number of aromatic amines is 1. The third-order valence-corrected chi connectivity index (χ3v) is 3.25. The molecule has 0 radical (unpaired) electrons. The lowest BCUT2D eigenvalue weighted by Gasteiger charge is -2.18. The van der Waals surface area contributed by atoms with E-state index in [4.69, 9.17) is 15.4 Å². The molecule has 1 aromatic rings. The van der Waals surface area contributed by atoms with E-state index in [1.54, 1.807) is 0 Å². The van der Waals surface area contributed by atoms with E-state index in [9.17, 15) is 27.9 Å². The van der Waals surface area contributed by atoms with Crippen LogP contribution in [0, 0.1) is 0 Å². The summed E-state index contributed by atoms with van der Waals surface area (Å²) in [6.07, 6.45) is -9.44. The first-order valence-electron chi connectivity index (χ1n) is 6.12. The highest BCUT2D eigenvalue weighted by Crippen LogP contribution is 2.32. The van der Waals surface area contributed by atoms with E-state index in [0.717, 1.165) is 0 Å². The molecule has 1 aliphatic heterocycles. The third kappa shape index (κ3) is 3.07. The predicted octanol–water partition coefficient (Wildman–Crippen LogP) is -0.515. The number of nitrogens with zero attached hydrogens (tertiary/aromatic N) is 4. The Balaban J connectivity index is 2.52. The van der Waals surface area contributed by atoms with Crippen molar-refractivity contribution in [1.82, 2.24) is 9.55 Å². The highest BCUT2D eigenvalue weighted by molar-refractivity contribution is 5.10. The Kier molecular flexibility index (Phi) is 4.47. The second-order valence-corrected chi connectivity index (χ2v) is 4.64. The lowest BCUT2D eigenvalue weighted by atomic mass is 10.1. The lowest BCUT2D eigenvalue weighted by molar-refractivity contribution is -0.140. The van der Waals surface area contributed by atoms with Crippen molar-refractivity contribution in [2.45, 2.75) is 30.7 Å². The van der Waals surface area contributed by atoms with Crippen molar-refractivity contribution < 1.29 is 28.1 Å². The molecule has 0 bridgehead atoms. The van der Waals surface area contributed by atoms with Gasteiger partial charge in [0.1, 0.15) is 11.7 Å². The van der Waals surface area contributed by atoms with Crippen LogP contribution in [0.1, 0.15) is 11.8 Å². The molecule has 2 rings (SSSR count). The molecule has 1 saturated heterocycles. The van der Waals surface area contributed by atoms with Crippen LogP contribution in [0.5, 0.6) is 0 Å². The molecule has 0 spiro atoms. The molecule has 1 fully saturated rings. The number of aromatic nitrogens is 2. The number of alkyl halides is 3. The highest BCUT2D eigenvalue weighted by atomic mass is 19.4. The number of rotatable bonds is 3. The van der Waals surface area contributed by atoms with E-state index < -0.39 is 54.1 Å². The van der Waals surface area contributed by atoms with Crippen molar-refractivity contribution in [1.29, 1.82) is 0 Å². The molecule has 1 aliphatic rings. The van der Waals surface area contributed by atoms with Gasteiger partial charge in [0.2, 0.25) is 0 Å². The average Bonchev–Trinajstić information content (AvgIpc) is 2.75. The van der Waals surface area contributed by atoms with Crippen LogP contribution in [0.25, 0.3) is 10.4 Å². The number of hydrogen-bond donors (Lipinski definition) is 3. The molecule has 23 heavy (non-hydrogen) atoms. The summed E-state index contributed by atoms with van der Waals surface area (Å²) in [4.78, 5) is 26.8. The van der Waals surface area contributed by atoms with Gasteiger partial charge in [-0.1, -0.05) is 5.11 Å². The fourth-order valence-electron chi connectivity index (χ4n) is 2.19. The van der Waals surface area contributed by atoms with Gasteiger partial charge in [0.15, 0.2) is 6.23 Å². The molecule has 13 heteroatoms. The maximum Gasteiger partial charge on any atom is 0.423 e. The number of azide groups is 1. The van der Waals surface area contributed by atoms with Crippen LogP contribution >= 0.6 is 0 Å². The average molecular weight is 337 g/mol. The number of halogens is 3. The summed E-state index contributed by atoms with van der Waals surface area (Å²) >= 11 is 0. The second-order valence-electron chi connectivity index (χ2n) is 4.64. The largest absolute Gasteiger partial charge is 0.423 e. The van der Waals surface area contributed by atoms with Gasteiger partial charge in [-0.05, 0) is 5.53 Å². The molecule has 10 nitrogen and oxygen atoms in total. The summed E-state index contributed by atoms with van der Waals surface area (Å²) in [7, 11) is 0. The number of aliphatic hydroxyl groups excluding tert-OH is 2. The van der Waals surface area contributed by atoms with Crippen molar-refractivity contribution in [3.8, 4) is 0 Å². The minimum Gasteiger partial charge on any atom is -0.394 e. The normalized spacial score (nSPS) is 27.7. The zero-order valence-corrected chi connectivity index (χ0v) is 11.1. The van der Waals surface area contributed by atoms with Crippen LogP contribution < -0.4 is 11.2 Å². The van der Waals surface area contributed by atoms with E-state index in [-0.39, 0.29) is 6.20 Å². The Morgan fingerprint density at radius 1 is 1.48 bits per heavy atom. The molecule has 0 unspecified atom stereocenters. The van der Waals surface area contributed by atoms with Crippen molar-refractivity contribution in [2.75, 3.05) is 6.61 Å². The fourth-order valence-corrected chi connectivity index (χ4v) is 2.19. The van der Waals surface area contributed by atoms with Crippen LogP contribution in [0.4, 0.5) is 13.2 Å². The van der Waals surface area contributed by atoms with Crippen LogP contribution in [0.3, 0.4) is 0 Å². The lowest BCUT2D eigenvalue weighted by Crippen LogP contribution is -2.39. The molecule has 0 aromatic carbocycles. The Morgan fingerprint density at radius 2 is 2.13 bits per heavy atom. The molecule has 0 saturated carbocycles. The number of H-pyrrole nitrogens is 1. The molecule has 1 aromatic heterocycles. The van der Waals surface area contributed by atoms with E-state index >= 15 is 0 Å². The summed E-state index contributed by atoms with van der Waals surface area (Å²) in [5, 5.41) is 22.3. The zero-order valence-electron chi connectivity index (χ0n) is 11.1. The molecule has 0 aliphatic carbocycles. The SMILES string of the molecule is [N-]=[N+]=N[C@H]1[C@@H](O)[C@H](n2cc(C(F)(F)F)c(=O)[nH]c2=O)O[C@@H]1CO. The molecule has 0 amide bonds. The van der Waals surface area contributed by atoms with Crippen LogP contribution in [-0.2, 0) is 10.9 Å². The highest BCUT2D eigenvalue weighted by Gasteiger charge is 2.45. The summed E-state index contributed by atoms with van der Waals surface area (Å²) in [6.45, 7) is -0.707. The van der Waals surface area contributed by atoms with E-state index in [1.807, 2.05) is 0 Å². The minimum absolute atomic E-state index is 0.196. The van der Waals surface area contributed by atoms with Gasteiger partial charge >= 0.3 is 11.9 Å². The van der Waals surface area contributed by atoms with Crippen LogP contribution in [0.2, 0.25) is 0 Å². The third-order valence-electron chi connectivity index (χ3n) is 3.25. The van der Waals surface area contributed by atoms with Crippen LogP contribution in [-0.4, -0.2) is 44.6 Å². The molecule has 126 valence electrons. The summed E-state index contributed by atoms with van der Waals surface area (Å²) in [5.41, 5.74) is 3.83. The number of ether oxygens (including phenoxy) is 1. The van der Waals surface area contributed by atoms with E-state index in [1.165, 1.54) is 4.98 Å². The summed E-state index contributed by atoms with van der Waals surface area (Å²) in [6, 6.07) is -1.32. The van der Waals surface area contributed by atoms with Gasteiger partial charge in [0, 0.05) is 11.1 Å². The standard InChI is InChI=1S/C10H10F3N5O5/c11-10(12,13)3-1-18(9(22)15-7(3)21)8-6(20)5(16-17-14)4(2-19)23-8/h1,4-6,8,19-20H,2H2,(H,15,21,22)/t4-,5-,6-,8-/m1/s1. The van der Waals surface area contributed by atoms with Gasteiger partial charge in [-0.25, -0.2) is 4.79 Å². The Hall–Kier alpha value is -2.34. The fraction of sp³-hybridized carbons (Fsp3) is 0.600. The van der Waals surface area contributed by atoms with Gasteiger partial charge in [0.05, 0.1) is 18.8 Å². The Bertz CT molecular complexity index is 752. The van der Waals surface area contributed by atoms with Crippen LogP contribution in [0.15, 0.2) is 20.9 Å². The van der Waals surface area contributed by atoms with Gasteiger partial charge < -0.3 is 14.9 Å². The minimum atomic E-state index is -5.03. The first-order valence-corrected chi connectivity index (χ1v) is 6.12. The van der Waals surface area contributed by atoms with E-state index in [2.05, 4.69) is 10.0 Å². The topological polar surface area (TPSA) is 153 Å². The molecule has 2 heterocycles. The molecule has 4 atom stereocenters. The second kappa shape index (κ2) is 6.04. The monoisotopic (exact) mass is 337 g/mol. The van der Waals surface area contributed by atoms with Gasteiger partial charge in [-0.3, -0.25) is 14.3 Å². The van der Waals surface area contributed by atoms with Gasteiger partial charge in [-0.15, -0.1) is 0 Å². The maximum absolute atomic E-state index is 12.7. The molecule has 3 N–H and O–H groups in total. The van der Waals surface area contributed by atoms with Crippen molar-refractivity contribution in [3.63, 3.8) is 0 Å². The van der Waals surface area contributed by atoms with Crippen molar-refractivity contribution in [3.05, 3.63) is 43.0 Å². The Labute approximate surface area is 124 Å². The number of hydrogen-bond acceptors (Lipinski definition) is 6. The maximum atomic E-state index is 12.7. The number of nitrogens with one attached hydrogen (secondary N) is 1. The van der Waals surface area contributed by atoms with Gasteiger partial charge in [0.25, 0.3) is 5.56 Å². The quantitative estimate of drug-likeness (QED) is 0.385. The van der Waals surface area contributed by atoms with Gasteiger partial charge in [-0.2, -0.15) is 13.2 Å². The number of aliphatic hydroxyl groups is 2. The first kappa shape index (κ1) is 17.0. The predicted molar refractivity (Wildman–Crippen MR) is 66.3 cm³/mol. The smallest absolute Gasteiger partial charge is 0.394 e. The first-order chi connectivity index (χ1) is 10.7. The summed E-state index contributed by atoms with van der Waals surface area (Å²) in [5.74, 6) is 0. The molecular formula is C10H10F3N5O5. The molecular weight excluding hydrogens is 327 g/mol. The Morgan fingerprint density at radius 3 is 2.65 bits per heavy atom. The summed E-state index contributed by atoms with van der Waals surface area (Å²) < 4.78 is 43.6. The van der Waals surface area contributed by atoms with Crippen molar-refractivity contribution >= 4 is 0 Å².